The third-order valence-corrected chi connectivity index (χ3v) is 8.06. The van der Waals surface area contributed by atoms with Crippen molar-refractivity contribution in [3.63, 3.8) is 0 Å². The minimum absolute atomic E-state index is 0.0136. The Hall–Kier alpha value is -3.84. The molecule has 1 fully saturated rings. The Bertz CT molecular complexity index is 1700. The molecule has 6 nitrogen and oxygen atoms in total. The molecule has 1 amide bonds. The average Bonchev–Trinajstić information content (AvgIpc) is 2.97. The SMILES string of the molecule is CCN(CC)C(=O)[C@@H]1CCCN(C(=S)Nc2ccc3nc4c5ccccc5c5ccccc5c4nc3c2)C1. The van der Waals surface area contributed by atoms with Gasteiger partial charge in [0.2, 0.25) is 5.91 Å². The summed E-state index contributed by atoms with van der Waals surface area (Å²) in [5.41, 5.74) is 4.36. The molecule has 0 radical (unpaired) electrons. The van der Waals surface area contributed by atoms with Gasteiger partial charge in [-0.1, -0.05) is 48.5 Å². The summed E-state index contributed by atoms with van der Waals surface area (Å²) < 4.78 is 0. The largest absolute Gasteiger partial charge is 0.348 e. The van der Waals surface area contributed by atoms with Crippen LogP contribution in [-0.4, -0.2) is 57.0 Å². The summed E-state index contributed by atoms with van der Waals surface area (Å²) in [6, 6.07) is 22.8. The molecule has 1 N–H and O–H groups in total. The van der Waals surface area contributed by atoms with Gasteiger partial charge in [0.25, 0.3) is 0 Å². The van der Waals surface area contributed by atoms with E-state index in [1.54, 1.807) is 0 Å². The summed E-state index contributed by atoms with van der Waals surface area (Å²) in [6.07, 6.45) is 1.87. The van der Waals surface area contributed by atoms with Crippen LogP contribution in [0, 0.1) is 5.92 Å². The second kappa shape index (κ2) is 10.1. The maximum Gasteiger partial charge on any atom is 0.227 e. The fraction of sp³-hybridized carbons (Fsp3) is 0.290. The van der Waals surface area contributed by atoms with E-state index in [1.165, 1.54) is 10.8 Å². The first-order chi connectivity index (χ1) is 18.6. The second-order valence-electron chi connectivity index (χ2n) is 9.94. The zero-order chi connectivity index (χ0) is 26.2. The number of fused-ring (bicyclic) bond motifs is 7. The van der Waals surface area contributed by atoms with E-state index in [9.17, 15) is 4.79 Å². The van der Waals surface area contributed by atoms with Gasteiger partial charge in [-0.3, -0.25) is 4.79 Å². The van der Waals surface area contributed by atoms with Gasteiger partial charge in [0.1, 0.15) is 0 Å². The number of nitrogens with one attached hydrogen (secondary N) is 1. The lowest BCUT2D eigenvalue weighted by atomic mass is 9.96. The lowest BCUT2D eigenvalue weighted by Crippen LogP contribution is -2.47. The number of hydrogen-bond donors (Lipinski definition) is 1. The molecule has 1 saturated heterocycles. The molecule has 0 aliphatic carbocycles. The molecule has 4 aromatic carbocycles. The van der Waals surface area contributed by atoms with Gasteiger partial charge < -0.3 is 15.1 Å². The predicted molar refractivity (Wildman–Crippen MR) is 161 cm³/mol. The summed E-state index contributed by atoms with van der Waals surface area (Å²) in [5, 5.41) is 8.62. The molecule has 1 aliphatic heterocycles. The third kappa shape index (κ3) is 4.31. The number of hydrogen-bond acceptors (Lipinski definition) is 4. The Morgan fingerprint density at radius 2 is 1.53 bits per heavy atom. The number of carbonyl (C=O) groups is 1. The van der Waals surface area contributed by atoms with Crippen LogP contribution in [0.1, 0.15) is 26.7 Å². The number of amides is 1. The van der Waals surface area contributed by atoms with Crippen molar-refractivity contribution in [1.29, 1.82) is 0 Å². The Morgan fingerprint density at radius 3 is 2.16 bits per heavy atom. The van der Waals surface area contributed by atoms with E-state index in [-0.39, 0.29) is 11.8 Å². The molecular weight excluding hydrogens is 490 g/mol. The van der Waals surface area contributed by atoms with Crippen LogP contribution in [-0.2, 0) is 4.79 Å². The normalized spacial score (nSPS) is 15.8. The molecular formula is C31H31N5OS. The highest BCUT2D eigenvalue weighted by molar-refractivity contribution is 7.80. The minimum atomic E-state index is -0.0136. The number of likely N-dealkylation sites (tertiary alicyclic amines) is 1. The second-order valence-corrected chi connectivity index (χ2v) is 10.3. The molecule has 2 heterocycles. The van der Waals surface area contributed by atoms with Crippen LogP contribution in [0.2, 0.25) is 0 Å². The Balaban J connectivity index is 1.32. The van der Waals surface area contributed by atoms with E-state index in [4.69, 9.17) is 22.2 Å². The smallest absolute Gasteiger partial charge is 0.227 e. The zero-order valence-electron chi connectivity index (χ0n) is 21.8. The molecule has 0 spiro atoms. The maximum absolute atomic E-state index is 12.9. The van der Waals surface area contributed by atoms with Crippen molar-refractivity contribution in [2.75, 3.05) is 31.5 Å². The number of carbonyl (C=O) groups excluding carboxylic acids is 1. The zero-order valence-corrected chi connectivity index (χ0v) is 22.6. The summed E-state index contributed by atoms with van der Waals surface area (Å²) in [7, 11) is 0. The highest BCUT2D eigenvalue weighted by Gasteiger charge is 2.29. The quantitative estimate of drug-likeness (QED) is 0.169. The minimum Gasteiger partial charge on any atom is -0.348 e. The van der Waals surface area contributed by atoms with Gasteiger partial charge in [0.15, 0.2) is 5.11 Å². The van der Waals surface area contributed by atoms with Crippen LogP contribution in [0.4, 0.5) is 5.69 Å². The third-order valence-electron chi connectivity index (χ3n) is 7.70. The number of rotatable bonds is 4. The number of nitrogens with zero attached hydrogens (tertiary/aromatic N) is 4. The lowest BCUT2D eigenvalue weighted by molar-refractivity contribution is -0.136. The molecule has 6 rings (SSSR count). The van der Waals surface area contributed by atoms with Crippen molar-refractivity contribution in [1.82, 2.24) is 19.8 Å². The molecule has 38 heavy (non-hydrogen) atoms. The van der Waals surface area contributed by atoms with Gasteiger partial charge in [-0.05, 0) is 67.9 Å². The topological polar surface area (TPSA) is 61.4 Å². The monoisotopic (exact) mass is 521 g/mol. The van der Waals surface area contributed by atoms with Gasteiger partial charge in [-0.2, -0.15) is 0 Å². The van der Waals surface area contributed by atoms with Crippen molar-refractivity contribution in [2.24, 2.45) is 5.92 Å². The molecule has 0 saturated carbocycles. The molecule has 0 unspecified atom stereocenters. The molecule has 1 atom stereocenters. The summed E-state index contributed by atoms with van der Waals surface area (Å²) in [5.74, 6) is 0.218. The highest BCUT2D eigenvalue weighted by Crippen LogP contribution is 2.34. The molecule has 5 aromatic rings. The Morgan fingerprint density at radius 1 is 0.921 bits per heavy atom. The summed E-state index contributed by atoms with van der Waals surface area (Å²) >= 11 is 5.79. The van der Waals surface area contributed by atoms with Gasteiger partial charge in [0, 0.05) is 42.6 Å². The predicted octanol–water partition coefficient (Wildman–Crippen LogP) is 6.37. The fourth-order valence-corrected chi connectivity index (χ4v) is 6.00. The van der Waals surface area contributed by atoms with E-state index >= 15 is 0 Å². The van der Waals surface area contributed by atoms with E-state index in [1.807, 2.05) is 36.9 Å². The van der Waals surface area contributed by atoms with E-state index in [0.29, 0.717) is 11.7 Å². The van der Waals surface area contributed by atoms with Crippen LogP contribution >= 0.6 is 12.2 Å². The van der Waals surface area contributed by atoms with Crippen LogP contribution in [0.5, 0.6) is 0 Å². The van der Waals surface area contributed by atoms with Crippen LogP contribution in [0.25, 0.3) is 43.6 Å². The van der Waals surface area contributed by atoms with Crippen molar-refractivity contribution in [3.05, 3.63) is 66.7 Å². The fourth-order valence-electron chi connectivity index (χ4n) is 5.72. The van der Waals surface area contributed by atoms with Crippen LogP contribution in [0.3, 0.4) is 0 Å². The van der Waals surface area contributed by atoms with E-state index in [2.05, 4.69) is 58.7 Å². The first kappa shape index (κ1) is 24.5. The van der Waals surface area contributed by atoms with Crippen molar-refractivity contribution in [2.45, 2.75) is 26.7 Å². The van der Waals surface area contributed by atoms with Crippen molar-refractivity contribution < 1.29 is 4.79 Å². The Kier molecular flexibility index (Phi) is 6.54. The molecule has 1 aliphatic rings. The van der Waals surface area contributed by atoms with Crippen LogP contribution in [0.15, 0.2) is 66.7 Å². The van der Waals surface area contributed by atoms with E-state index < -0.39 is 0 Å². The van der Waals surface area contributed by atoms with Crippen molar-refractivity contribution in [3.8, 4) is 0 Å². The van der Waals surface area contributed by atoms with Crippen LogP contribution < -0.4 is 5.32 Å². The number of piperidine rings is 1. The van der Waals surface area contributed by atoms with Gasteiger partial charge in [0.05, 0.1) is 28.0 Å². The maximum atomic E-state index is 12.9. The number of aromatic nitrogens is 2. The first-order valence-corrected chi connectivity index (χ1v) is 13.8. The van der Waals surface area contributed by atoms with Gasteiger partial charge in [-0.15, -0.1) is 0 Å². The average molecular weight is 522 g/mol. The van der Waals surface area contributed by atoms with E-state index in [0.717, 1.165) is 71.0 Å². The summed E-state index contributed by atoms with van der Waals surface area (Å²) in [6.45, 7) is 7.05. The molecule has 7 heteroatoms. The molecule has 0 bridgehead atoms. The van der Waals surface area contributed by atoms with Gasteiger partial charge >= 0.3 is 0 Å². The Labute approximate surface area is 227 Å². The van der Waals surface area contributed by atoms with Crippen molar-refractivity contribution >= 4 is 72.5 Å². The molecule has 1 aromatic heterocycles. The number of benzene rings is 4. The standard InChI is InChI=1S/C31H31N5OS/c1-3-35(4-2)30(37)20-10-9-17-36(19-20)31(38)32-21-15-16-26-27(18-21)34-29-25-14-8-6-12-23(25)22-11-5-7-13-24(22)28(29)33-26/h5-8,11-16,18,20H,3-4,9-10,17,19H2,1-2H3,(H,32,38)/t20-/m1/s1. The lowest BCUT2D eigenvalue weighted by Gasteiger charge is -2.36. The first-order valence-electron chi connectivity index (χ1n) is 13.4. The number of thiocarbonyl (C=S) groups is 1. The number of anilines is 1. The highest BCUT2D eigenvalue weighted by atomic mass is 32.1. The molecule has 192 valence electrons. The van der Waals surface area contributed by atoms with Gasteiger partial charge in [-0.25, -0.2) is 9.97 Å². The summed E-state index contributed by atoms with van der Waals surface area (Å²) in [4.78, 5) is 27.1.